The van der Waals surface area contributed by atoms with Crippen molar-refractivity contribution in [3.8, 4) is 5.75 Å². The number of nitro benzene ring substituents is 1. The van der Waals surface area contributed by atoms with Crippen molar-refractivity contribution in [3.63, 3.8) is 0 Å². The number of rotatable bonds is 7. The molecule has 100 valence electrons. The van der Waals surface area contributed by atoms with E-state index in [1.807, 2.05) is 6.92 Å². The van der Waals surface area contributed by atoms with Crippen molar-refractivity contribution >= 4 is 23.0 Å². The summed E-state index contributed by atoms with van der Waals surface area (Å²) in [5.41, 5.74) is 0.232. The molecule has 1 unspecified atom stereocenters. The molecule has 0 spiro atoms. The van der Waals surface area contributed by atoms with Gasteiger partial charge in [0, 0.05) is 18.7 Å². The zero-order chi connectivity index (χ0) is 13.5. The molecule has 0 bridgehead atoms. The maximum atomic E-state index is 10.8. The lowest BCUT2D eigenvalue weighted by Gasteiger charge is -2.11. The van der Waals surface area contributed by atoms with Gasteiger partial charge in [-0.25, -0.2) is 0 Å². The van der Waals surface area contributed by atoms with Gasteiger partial charge >= 0.3 is 0 Å². The third kappa shape index (κ3) is 4.05. The number of halogens is 1. The van der Waals surface area contributed by atoms with Crippen molar-refractivity contribution in [2.75, 3.05) is 24.3 Å². The molecule has 0 aliphatic rings. The van der Waals surface area contributed by atoms with E-state index in [2.05, 4.69) is 5.32 Å². The lowest BCUT2D eigenvalue weighted by Crippen LogP contribution is -2.21. The monoisotopic (exact) mass is 274 g/mol. The van der Waals surface area contributed by atoms with Crippen molar-refractivity contribution in [2.24, 2.45) is 0 Å². The van der Waals surface area contributed by atoms with Crippen LogP contribution in [0.4, 0.5) is 11.4 Å². The van der Waals surface area contributed by atoms with Crippen LogP contribution in [0, 0.1) is 10.1 Å². The van der Waals surface area contributed by atoms with Gasteiger partial charge in [0.1, 0.15) is 11.4 Å². The minimum absolute atomic E-state index is 0.0615. The number of ether oxygens (including phenoxy) is 1. The molecular formula is C11H15ClN2O4. The van der Waals surface area contributed by atoms with Crippen molar-refractivity contribution in [3.05, 3.63) is 28.3 Å². The van der Waals surface area contributed by atoms with Crippen molar-refractivity contribution in [1.82, 2.24) is 0 Å². The Morgan fingerprint density at radius 2 is 2.33 bits per heavy atom. The maximum absolute atomic E-state index is 10.8. The summed E-state index contributed by atoms with van der Waals surface area (Å²) in [5.74, 6) is 0.595. The van der Waals surface area contributed by atoms with Gasteiger partial charge in [-0.1, -0.05) is 0 Å². The summed E-state index contributed by atoms with van der Waals surface area (Å²) >= 11 is 5.45. The molecule has 1 rings (SSSR count). The van der Waals surface area contributed by atoms with Gasteiger partial charge in [0.2, 0.25) is 0 Å². The van der Waals surface area contributed by atoms with Crippen LogP contribution in [0.25, 0.3) is 0 Å². The second-order valence-corrected chi connectivity index (χ2v) is 3.87. The minimum atomic E-state index is -0.762. The molecule has 6 nitrogen and oxygen atoms in total. The molecule has 1 aromatic carbocycles. The predicted octanol–water partition coefficient (Wildman–Crippen LogP) is 2.01. The predicted molar refractivity (Wildman–Crippen MR) is 69.5 cm³/mol. The molecule has 0 aliphatic carbocycles. The van der Waals surface area contributed by atoms with Gasteiger partial charge in [-0.15, -0.1) is 11.6 Å². The lowest BCUT2D eigenvalue weighted by molar-refractivity contribution is -0.384. The summed E-state index contributed by atoms with van der Waals surface area (Å²) in [6.07, 6.45) is -0.762. The van der Waals surface area contributed by atoms with Crippen molar-refractivity contribution in [1.29, 1.82) is 0 Å². The Hall–Kier alpha value is -1.53. The van der Waals surface area contributed by atoms with Crippen LogP contribution in [0.2, 0.25) is 0 Å². The van der Waals surface area contributed by atoms with Crippen LogP contribution >= 0.6 is 11.6 Å². The average molecular weight is 275 g/mol. The van der Waals surface area contributed by atoms with E-state index < -0.39 is 11.0 Å². The fourth-order valence-electron chi connectivity index (χ4n) is 1.35. The molecule has 0 amide bonds. The van der Waals surface area contributed by atoms with E-state index in [1.54, 1.807) is 0 Å². The number of aliphatic hydroxyl groups excluding tert-OH is 1. The Labute approximate surface area is 110 Å². The molecule has 2 N–H and O–H groups in total. The van der Waals surface area contributed by atoms with E-state index in [9.17, 15) is 15.2 Å². The van der Waals surface area contributed by atoms with Crippen LogP contribution in [0.1, 0.15) is 6.92 Å². The number of hydrogen-bond donors (Lipinski definition) is 2. The Bertz CT molecular complexity index is 414. The highest BCUT2D eigenvalue weighted by Crippen LogP contribution is 2.28. The normalized spacial score (nSPS) is 11.9. The largest absolute Gasteiger partial charge is 0.494 e. The molecule has 18 heavy (non-hydrogen) atoms. The molecule has 1 aromatic rings. The first-order valence-electron chi connectivity index (χ1n) is 5.47. The molecule has 1 atom stereocenters. The van der Waals surface area contributed by atoms with Crippen LogP contribution in [0.15, 0.2) is 18.2 Å². The summed E-state index contributed by atoms with van der Waals surface area (Å²) in [7, 11) is 0. The van der Waals surface area contributed by atoms with Gasteiger partial charge < -0.3 is 15.2 Å². The van der Waals surface area contributed by atoms with Crippen LogP contribution in [0.5, 0.6) is 5.75 Å². The van der Waals surface area contributed by atoms with Crippen LogP contribution in [0.3, 0.4) is 0 Å². The van der Waals surface area contributed by atoms with Crippen molar-refractivity contribution in [2.45, 2.75) is 13.0 Å². The number of nitrogens with one attached hydrogen (secondary N) is 1. The minimum Gasteiger partial charge on any atom is -0.494 e. The number of benzene rings is 1. The second-order valence-electron chi connectivity index (χ2n) is 3.56. The molecule has 7 heteroatoms. The van der Waals surface area contributed by atoms with E-state index in [0.717, 1.165) is 0 Å². The summed E-state index contributed by atoms with van der Waals surface area (Å²) in [4.78, 5) is 10.3. The molecule has 0 fully saturated rings. The van der Waals surface area contributed by atoms with Crippen LogP contribution in [-0.2, 0) is 0 Å². The highest BCUT2D eigenvalue weighted by atomic mass is 35.5. The smallest absolute Gasteiger partial charge is 0.292 e. The number of alkyl halides is 1. The third-order valence-electron chi connectivity index (χ3n) is 2.18. The number of hydrogen-bond acceptors (Lipinski definition) is 5. The van der Waals surface area contributed by atoms with Gasteiger partial charge in [-0.3, -0.25) is 10.1 Å². The SMILES string of the molecule is CCOc1ccc([N+](=O)[O-])c(NCC(O)CCl)c1. The molecule has 0 heterocycles. The molecule has 0 saturated heterocycles. The lowest BCUT2D eigenvalue weighted by atomic mass is 10.2. The Balaban J connectivity index is 2.89. The molecule has 0 saturated carbocycles. The summed E-state index contributed by atoms with van der Waals surface area (Å²) in [5, 5.41) is 23.0. The van der Waals surface area contributed by atoms with E-state index in [1.165, 1.54) is 18.2 Å². The Morgan fingerprint density at radius 3 is 2.89 bits per heavy atom. The quantitative estimate of drug-likeness (QED) is 0.451. The summed E-state index contributed by atoms with van der Waals surface area (Å²) in [6, 6.07) is 4.42. The highest BCUT2D eigenvalue weighted by Gasteiger charge is 2.15. The van der Waals surface area contributed by atoms with Gasteiger partial charge in [-0.2, -0.15) is 0 Å². The molecular weight excluding hydrogens is 260 g/mol. The van der Waals surface area contributed by atoms with Gasteiger partial charge in [0.25, 0.3) is 5.69 Å². The zero-order valence-electron chi connectivity index (χ0n) is 9.93. The van der Waals surface area contributed by atoms with Crippen molar-refractivity contribution < 1.29 is 14.8 Å². The second kappa shape index (κ2) is 7.03. The standard InChI is InChI=1S/C11H15ClN2O4/c1-2-18-9-3-4-11(14(16)17)10(5-9)13-7-8(15)6-12/h3-5,8,13,15H,2,6-7H2,1H3. The van der Waals surface area contributed by atoms with Gasteiger partial charge in [0.15, 0.2) is 0 Å². The van der Waals surface area contributed by atoms with Crippen LogP contribution < -0.4 is 10.1 Å². The first kappa shape index (κ1) is 14.5. The molecule has 0 radical (unpaired) electrons. The number of nitrogens with zero attached hydrogens (tertiary/aromatic N) is 1. The fourth-order valence-corrected chi connectivity index (χ4v) is 1.46. The van der Waals surface area contributed by atoms with E-state index in [0.29, 0.717) is 18.0 Å². The van der Waals surface area contributed by atoms with E-state index >= 15 is 0 Å². The molecule has 0 aromatic heterocycles. The van der Waals surface area contributed by atoms with E-state index in [4.69, 9.17) is 16.3 Å². The average Bonchev–Trinajstić information content (AvgIpc) is 2.36. The number of aliphatic hydroxyl groups is 1. The maximum Gasteiger partial charge on any atom is 0.292 e. The summed E-state index contributed by atoms with van der Waals surface area (Å²) < 4.78 is 5.26. The molecule has 0 aliphatic heterocycles. The highest BCUT2D eigenvalue weighted by molar-refractivity contribution is 6.18. The van der Waals surface area contributed by atoms with Gasteiger partial charge in [0.05, 0.1) is 23.5 Å². The number of nitro groups is 1. The Kier molecular flexibility index (Phi) is 5.67. The van der Waals surface area contributed by atoms with Gasteiger partial charge in [-0.05, 0) is 13.0 Å². The zero-order valence-corrected chi connectivity index (χ0v) is 10.7. The first-order chi connectivity index (χ1) is 8.58. The topological polar surface area (TPSA) is 84.6 Å². The van der Waals surface area contributed by atoms with E-state index in [-0.39, 0.29) is 18.1 Å². The Morgan fingerprint density at radius 1 is 1.61 bits per heavy atom. The summed E-state index contributed by atoms with van der Waals surface area (Å²) in [6.45, 7) is 2.44. The third-order valence-corrected chi connectivity index (χ3v) is 2.54. The van der Waals surface area contributed by atoms with Crippen LogP contribution in [-0.4, -0.2) is 35.2 Å². The number of anilines is 1. The fraction of sp³-hybridized carbons (Fsp3) is 0.455. The first-order valence-corrected chi connectivity index (χ1v) is 6.01.